The van der Waals surface area contributed by atoms with Gasteiger partial charge in [0.2, 0.25) is 5.91 Å². The van der Waals surface area contributed by atoms with E-state index in [2.05, 4.69) is 5.32 Å². The van der Waals surface area contributed by atoms with Gasteiger partial charge in [0, 0.05) is 16.2 Å². The molecular formula is C23H23F3N2O2S2. The molecule has 1 aliphatic carbocycles. The SMILES string of the molecule is O=C(CN1C(=O)/C(=C\c2ccc(C(F)(F)F)cc2)SC2CCCCC21)NCc1cccs1. The maximum atomic E-state index is 13.3. The van der Waals surface area contributed by atoms with Crippen LogP contribution in [0.1, 0.15) is 41.7 Å². The van der Waals surface area contributed by atoms with Crippen molar-refractivity contribution in [3.8, 4) is 0 Å². The van der Waals surface area contributed by atoms with Crippen molar-refractivity contribution in [3.05, 3.63) is 62.7 Å². The molecule has 4 nitrogen and oxygen atoms in total. The minimum atomic E-state index is -4.40. The van der Waals surface area contributed by atoms with E-state index in [1.165, 1.54) is 23.9 Å². The Labute approximate surface area is 192 Å². The molecule has 1 aromatic carbocycles. The lowest BCUT2D eigenvalue weighted by molar-refractivity contribution is -0.137. The summed E-state index contributed by atoms with van der Waals surface area (Å²) in [5.41, 5.74) is -0.191. The van der Waals surface area contributed by atoms with Crippen LogP contribution in [0.5, 0.6) is 0 Å². The molecule has 9 heteroatoms. The first-order valence-corrected chi connectivity index (χ1v) is 12.2. The van der Waals surface area contributed by atoms with Crippen LogP contribution in [-0.2, 0) is 22.3 Å². The van der Waals surface area contributed by atoms with Crippen LogP contribution in [0.25, 0.3) is 6.08 Å². The standard InChI is InChI=1S/C23H23F3N2O2S2/c24-23(25,26)16-9-7-15(8-10-16)12-20-22(30)28(18-5-1-2-6-19(18)32-20)14-21(29)27-13-17-4-3-11-31-17/h3-4,7-12,18-19H,1-2,5-6,13-14H2,(H,27,29)/b20-12+. The summed E-state index contributed by atoms with van der Waals surface area (Å²) in [6.07, 6.45) is 1.11. The third-order valence-electron chi connectivity index (χ3n) is 5.71. The number of thiophene rings is 1. The van der Waals surface area contributed by atoms with Crippen molar-refractivity contribution in [3.63, 3.8) is 0 Å². The monoisotopic (exact) mass is 480 g/mol. The summed E-state index contributed by atoms with van der Waals surface area (Å²) in [4.78, 5) is 29.0. The van der Waals surface area contributed by atoms with Crippen LogP contribution < -0.4 is 5.32 Å². The van der Waals surface area contributed by atoms with Crippen molar-refractivity contribution in [2.75, 3.05) is 6.54 Å². The highest BCUT2D eigenvalue weighted by atomic mass is 32.2. The Morgan fingerprint density at radius 3 is 2.59 bits per heavy atom. The van der Waals surface area contributed by atoms with Crippen molar-refractivity contribution in [1.82, 2.24) is 10.2 Å². The average Bonchev–Trinajstić information content (AvgIpc) is 3.29. The number of alkyl halides is 3. The Bertz CT molecular complexity index is 988. The van der Waals surface area contributed by atoms with Gasteiger partial charge in [-0.25, -0.2) is 0 Å². The minimum Gasteiger partial charge on any atom is -0.350 e. The van der Waals surface area contributed by atoms with E-state index in [0.717, 1.165) is 42.7 Å². The van der Waals surface area contributed by atoms with Crippen molar-refractivity contribution in [2.24, 2.45) is 0 Å². The van der Waals surface area contributed by atoms with E-state index in [1.807, 2.05) is 17.5 Å². The van der Waals surface area contributed by atoms with Gasteiger partial charge in [-0.2, -0.15) is 13.2 Å². The lowest BCUT2D eigenvalue weighted by Crippen LogP contribution is -2.54. The van der Waals surface area contributed by atoms with Gasteiger partial charge in [-0.05, 0) is 48.1 Å². The quantitative estimate of drug-likeness (QED) is 0.590. The second-order valence-corrected chi connectivity index (χ2v) is 10.2. The predicted molar refractivity (Wildman–Crippen MR) is 121 cm³/mol. The van der Waals surface area contributed by atoms with Gasteiger partial charge in [-0.15, -0.1) is 23.1 Å². The second-order valence-electron chi connectivity index (χ2n) is 7.93. The number of nitrogens with zero attached hydrogens (tertiary/aromatic N) is 1. The summed E-state index contributed by atoms with van der Waals surface area (Å²) < 4.78 is 38.5. The molecule has 1 aliphatic heterocycles. The van der Waals surface area contributed by atoms with Gasteiger partial charge in [-0.1, -0.05) is 31.0 Å². The summed E-state index contributed by atoms with van der Waals surface area (Å²) in [6.45, 7) is 0.409. The smallest absolute Gasteiger partial charge is 0.350 e. The number of thioether (sulfide) groups is 1. The van der Waals surface area contributed by atoms with E-state index in [4.69, 9.17) is 0 Å². The molecule has 2 aromatic rings. The fourth-order valence-electron chi connectivity index (χ4n) is 4.09. The van der Waals surface area contributed by atoms with Gasteiger partial charge in [0.15, 0.2) is 0 Å². The molecule has 4 rings (SSSR count). The van der Waals surface area contributed by atoms with E-state index in [0.29, 0.717) is 17.0 Å². The van der Waals surface area contributed by atoms with E-state index in [-0.39, 0.29) is 29.7 Å². The maximum Gasteiger partial charge on any atom is 0.416 e. The third kappa shape index (κ3) is 5.38. The van der Waals surface area contributed by atoms with Crippen LogP contribution in [-0.4, -0.2) is 34.6 Å². The van der Waals surface area contributed by atoms with Gasteiger partial charge < -0.3 is 10.2 Å². The highest BCUT2D eigenvalue weighted by molar-refractivity contribution is 8.04. The molecule has 1 N–H and O–H groups in total. The largest absolute Gasteiger partial charge is 0.416 e. The van der Waals surface area contributed by atoms with E-state index in [1.54, 1.807) is 22.3 Å². The number of hydrogen-bond acceptors (Lipinski definition) is 4. The topological polar surface area (TPSA) is 49.4 Å². The van der Waals surface area contributed by atoms with E-state index in [9.17, 15) is 22.8 Å². The molecule has 2 fully saturated rings. The highest BCUT2D eigenvalue weighted by Gasteiger charge is 2.41. The Hall–Kier alpha value is -2.26. The fourth-order valence-corrected chi connectivity index (χ4v) is 6.21. The summed E-state index contributed by atoms with van der Waals surface area (Å²) in [6, 6.07) is 8.63. The summed E-state index contributed by atoms with van der Waals surface area (Å²) in [5.74, 6) is -0.443. The lowest BCUT2D eigenvalue weighted by atomic mass is 9.93. The Morgan fingerprint density at radius 1 is 1.16 bits per heavy atom. The Kier molecular flexibility index (Phi) is 6.95. The molecule has 0 spiro atoms. The highest BCUT2D eigenvalue weighted by Crippen LogP contribution is 2.42. The number of fused-ring (bicyclic) bond motifs is 1. The van der Waals surface area contributed by atoms with Crippen molar-refractivity contribution in [2.45, 2.75) is 49.7 Å². The Morgan fingerprint density at radius 2 is 1.91 bits per heavy atom. The number of halogens is 3. The molecular weight excluding hydrogens is 457 g/mol. The number of hydrogen-bond donors (Lipinski definition) is 1. The van der Waals surface area contributed by atoms with Gasteiger partial charge in [0.1, 0.15) is 6.54 Å². The van der Waals surface area contributed by atoms with Crippen molar-refractivity contribution >= 4 is 41.0 Å². The van der Waals surface area contributed by atoms with Crippen LogP contribution in [0.4, 0.5) is 13.2 Å². The zero-order valence-corrected chi connectivity index (χ0v) is 18.9. The molecule has 1 aromatic heterocycles. The first kappa shape index (κ1) is 22.9. The van der Waals surface area contributed by atoms with Crippen LogP contribution in [0.2, 0.25) is 0 Å². The predicted octanol–water partition coefficient (Wildman–Crippen LogP) is 5.31. The Balaban J connectivity index is 1.50. The van der Waals surface area contributed by atoms with E-state index < -0.39 is 11.7 Å². The lowest BCUT2D eigenvalue weighted by Gasteiger charge is -2.43. The van der Waals surface area contributed by atoms with Crippen LogP contribution in [0, 0.1) is 0 Å². The fraction of sp³-hybridized carbons (Fsp3) is 0.391. The number of carbonyl (C=O) groups excluding carboxylic acids is 2. The zero-order valence-electron chi connectivity index (χ0n) is 17.2. The molecule has 170 valence electrons. The first-order valence-electron chi connectivity index (χ1n) is 10.5. The summed E-state index contributed by atoms with van der Waals surface area (Å²) in [7, 11) is 0. The molecule has 2 heterocycles. The third-order valence-corrected chi connectivity index (χ3v) is 7.98. The summed E-state index contributed by atoms with van der Waals surface area (Å²) in [5, 5.41) is 5.01. The van der Waals surface area contributed by atoms with Gasteiger partial charge in [0.25, 0.3) is 5.91 Å². The number of amides is 2. The molecule has 2 atom stereocenters. The molecule has 0 bridgehead atoms. The molecule has 0 radical (unpaired) electrons. The van der Waals surface area contributed by atoms with Crippen LogP contribution in [0.15, 0.2) is 46.7 Å². The number of benzene rings is 1. The molecule has 32 heavy (non-hydrogen) atoms. The first-order chi connectivity index (χ1) is 15.3. The molecule has 2 amide bonds. The maximum absolute atomic E-state index is 13.3. The van der Waals surface area contributed by atoms with Crippen molar-refractivity contribution in [1.29, 1.82) is 0 Å². The molecule has 2 aliphatic rings. The van der Waals surface area contributed by atoms with E-state index >= 15 is 0 Å². The zero-order chi connectivity index (χ0) is 22.7. The normalized spacial score (nSPS) is 22.7. The number of nitrogens with one attached hydrogen (secondary N) is 1. The molecule has 2 unspecified atom stereocenters. The van der Waals surface area contributed by atoms with Crippen LogP contribution >= 0.6 is 23.1 Å². The summed E-state index contributed by atoms with van der Waals surface area (Å²) >= 11 is 3.04. The minimum absolute atomic E-state index is 0.00140. The van der Waals surface area contributed by atoms with Crippen molar-refractivity contribution < 1.29 is 22.8 Å². The van der Waals surface area contributed by atoms with Gasteiger partial charge in [-0.3, -0.25) is 9.59 Å². The number of carbonyl (C=O) groups is 2. The van der Waals surface area contributed by atoms with Gasteiger partial charge >= 0.3 is 6.18 Å². The average molecular weight is 481 g/mol. The molecule has 1 saturated carbocycles. The second kappa shape index (κ2) is 9.70. The number of rotatable bonds is 5. The molecule has 1 saturated heterocycles. The van der Waals surface area contributed by atoms with Crippen LogP contribution in [0.3, 0.4) is 0 Å². The van der Waals surface area contributed by atoms with Gasteiger partial charge in [0.05, 0.1) is 17.0 Å².